The van der Waals surface area contributed by atoms with Gasteiger partial charge in [0.1, 0.15) is 5.76 Å². The van der Waals surface area contributed by atoms with E-state index in [9.17, 15) is 4.79 Å². The Morgan fingerprint density at radius 2 is 1.85 bits per heavy atom. The van der Waals surface area contributed by atoms with E-state index in [4.69, 9.17) is 5.90 Å². The lowest BCUT2D eigenvalue weighted by Gasteiger charge is -2.04. The molecule has 4 nitrogen and oxygen atoms in total. The first-order valence-corrected chi connectivity index (χ1v) is 4.45. The topological polar surface area (TPSA) is 64.3 Å². The Labute approximate surface area is 80.1 Å². The summed E-state index contributed by atoms with van der Waals surface area (Å²) in [6.07, 6.45) is 0. The van der Waals surface area contributed by atoms with E-state index in [1.807, 2.05) is 20.8 Å². The maximum atomic E-state index is 11.0. The van der Waals surface area contributed by atoms with E-state index in [-0.39, 0.29) is 5.91 Å². The first-order valence-electron chi connectivity index (χ1n) is 4.45. The summed E-state index contributed by atoms with van der Waals surface area (Å²) in [5.74, 6) is 5.17. The van der Waals surface area contributed by atoms with Crippen molar-refractivity contribution in [1.82, 2.24) is 5.32 Å². The zero-order valence-corrected chi connectivity index (χ0v) is 9.10. The van der Waals surface area contributed by atoms with Gasteiger partial charge in [-0.2, -0.15) is 5.90 Å². The zero-order valence-electron chi connectivity index (χ0n) is 9.10. The lowest BCUT2D eigenvalue weighted by Crippen LogP contribution is -2.24. The van der Waals surface area contributed by atoms with Gasteiger partial charge in [0.15, 0.2) is 0 Å². The lowest BCUT2D eigenvalue weighted by molar-refractivity contribution is -0.117. The van der Waals surface area contributed by atoms with Crippen LogP contribution in [0.25, 0.3) is 0 Å². The van der Waals surface area contributed by atoms with E-state index >= 15 is 0 Å². The van der Waals surface area contributed by atoms with Crippen LogP contribution in [0.1, 0.15) is 34.6 Å². The van der Waals surface area contributed by atoms with Gasteiger partial charge in [0.25, 0.3) is 0 Å². The highest BCUT2D eigenvalue weighted by Gasteiger charge is 2.06. The molecular formula is C9H20N2O2. The number of nitrogens with two attached hydrogens (primary N) is 1. The molecule has 0 aromatic carbocycles. The van der Waals surface area contributed by atoms with Crippen molar-refractivity contribution in [2.45, 2.75) is 34.6 Å². The molecule has 0 aliphatic carbocycles. The molecule has 0 saturated carbocycles. The molecule has 0 heterocycles. The fourth-order valence-corrected chi connectivity index (χ4v) is 0.541. The maximum absolute atomic E-state index is 11.0. The first kappa shape index (κ1) is 14.5. The van der Waals surface area contributed by atoms with Crippen LogP contribution in [0, 0.1) is 0 Å². The minimum Gasteiger partial charge on any atom is -0.416 e. The third-order valence-corrected chi connectivity index (χ3v) is 1.38. The monoisotopic (exact) mass is 188 g/mol. The van der Waals surface area contributed by atoms with Crippen LogP contribution < -0.4 is 11.2 Å². The van der Waals surface area contributed by atoms with E-state index in [0.29, 0.717) is 17.9 Å². The van der Waals surface area contributed by atoms with Crippen molar-refractivity contribution in [3.63, 3.8) is 0 Å². The Morgan fingerprint density at radius 1 is 1.38 bits per heavy atom. The van der Waals surface area contributed by atoms with Crippen molar-refractivity contribution in [1.29, 1.82) is 0 Å². The highest BCUT2D eigenvalue weighted by molar-refractivity contribution is 5.93. The van der Waals surface area contributed by atoms with Gasteiger partial charge in [-0.05, 0) is 20.8 Å². The SMILES string of the molecule is CC.CCNC(=O)/C(C)=C(\C)ON. The second-order valence-electron chi connectivity index (χ2n) is 2.16. The highest BCUT2D eigenvalue weighted by atomic mass is 16.6. The van der Waals surface area contributed by atoms with Gasteiger partial charge in [-0.15, -0.1) is 0 Å². The quantitative estimate of drug-likeness (QED) is 0.399. The Bertz CT molecular complexity index is 176. The summed E-state index contributed by atoms with van der Waals surface area (Å²) in [6, 6.07) is 0. The maximum Gasteiger partial charge on any atom is 0.250 e. The molecule has 0 aliphatic heterocycles. The van der Waals surface area contributed by atoms with Crippen molar-refractivity contribution >= 4 is 5.91 Å². The van der Waals surface area contributed by atoms with Gasteiger partial charge >= 0.3 is 0 Å². The lowest BCUT2D eigenvalue weighted by atomic mass is 10.2. The summed E-state index contributed by atoms with van der Waals surface area (Å²) >= 11 is 0. The standard InChI is InChI=1S/C7H14N2O2.C2H6/c1-4-9-7(10)5(2)6(3)11-8;1-2/h4,8H2,1-3H3,(H,9,10);1-2H3/b6-5+;. The minimum absolute atomic E-state index is 0.143. The third-order valence-electron chi connectivity index (χ3n) is 1.38. The first-order chi connectivity index (χ1) is 6.13. The van der Waals surface area contributed by atoms with Crippen molar-refractivity contribution < 1.29 is 9.63 Å². The van der Waals surface area contributed by atoms with E-state index in [1.165, 1.54) is 0 Å². The van der Waals surface area contributed by atoms with Gasteiger partial charge < -0.3 is 10.2 Å². The molecule has 0 fully saturated rings. The fourth-order valence-electron chi connectivity index (χ4n) is 0.541. The van der Waals surface area contributed by atoms with Gasteiger partial charge in [0, 0.05) is 6.54 Å². The predicted molar refractivity (Wildman–Crippen MR) is 53.7 cm³/mol. The van der Waals surface area contributed by atoms with E-state index in [1.54, 1.807) is 13.8 Å². The average Bonchev–Trinajstić information content (AvgIpc) is 2.19. The zero-order chi connectivity index (χ0) is 10.9. The Hall–Kier alpha value is -1.03. The second-order valence-corrected chi connectivity index (χ2v) is 2.16. The predicted octanol–water partition coefficient (Wildman–Crippen LogP) is 1.33. The van der Waals surface area contributed by atoms with Gasteiger partial charge in [-0.25, -0.2) is 0 Å². The number of carbonyl (C=O) groups is 1. The number of carbonyl (C=O) groups excluding carboxylic acids is 1. The Balaban J connectivity index is 0. The van der Waals surface area contributed by atoms with Crippen LogP contribution in [0.3, 0.4) is 0 Å². The molecule has 0 bridgehead atoms. The van der Waals surface area contributed by atoms with Gasteiger partial charge in [-0.3, -0.25) is 4.79 Å². The molecule has 0 spiro atoms. The molecule has 78 valence electrons. The Morgan fingerprint density at radius 3 is 2.15 bits per heavy atom. The molecule has 0 saturated heterocycles. The molecule has 13 heavy (non-hydrogen) atoms. The van der Waals surface area contributed by atoms with Crippen LogP contribution in [0.5, 0.6) is 0 Å². The number of hydrogen-bond donors (Lipinski definition) is 2. The Kier molecular flexibility index (Phi) is 10.1. The van der Waals surface area contributed by atoms with E-state index in [0.717, 1.165) is 0 Å². The van der Waals surface area contributed by atoms with Crippen LogP contribution in [-0.4, -0.2) is 12.5 Å². The number of nitrogens with one attached hydrogen (secondary N) is 1. The summed E-state index contributed by atoms with van der Waals surface area (Å²) in [7, 11) is 0. The molecule has 0 aromatic heterocycles. The largest absolute Gasteiger partial charge is 0.416 e. The molecule has 0 unspecified atom stereocenters. The highest BCUT2D eigenvalue weighted by Crippen LogP contribution is 2.01. The fraction of sp³-hybridized carbons (Fsp3) is 0.667. The number of rotatable bonds is 3. The molecule has 1 amide bonds. The number of allylic oxidation sites excluding steroid dienone is 1. The van der Waals surface area contributed by atoms with Gasteiger partial charge in [0.2, 0.25) is 5.91 Å². The molecule has 4 heteroatoms. The molecule has 0 radical (unpaired) electrons. The molecule has 0 atom stereocenters. The van der Waals surface area contributed by atoms with Crippen molar-refractivity contribution in [2.24, 2.45) is 5.90 Å². The number of likely N-dealkylation sites (N-methyl/N-ethyl adjacent to an activating group) is 1. The van der Waals surface area contributed by atoms with Crippen LogP contribution in [0.4, 0.5) is 0 Å². The molecule has 0 rings (SSSR count). The van der Waals surface area contributed by atoms with Crippen molar-refractivity contribution in [2.75, 3.05) is 6.54 Å². The average molecular weight is 188 g/mol. The van der Waals surface area contributed by atoms with Crippen LogP contribution in [-0.2, 0) is 9.63 Å². The van der Waals surface area contributed by atoms with Crippen molar-refractivity contribution in [3.8, 4) is 0 Å². The number of hydrogen-bond acceptors (Lipinski definition) is 3. The third kappa shape index (κ3) is 6.16. The summed E-state index contributed by atoms with van der Waals surface area (Å²) in [5.41, 5.74) is 0.509. The van der Waals surface area contributed by atoms with Crippen molar-refractivity contribution in [3.05, 3.63) is 11.3 Å². The van der Waals surface area contributed by atoms with E-state index < -0.39 is 0 Å². The summed E-state index contributed by atoms with van der Waals surface area (Å²) in [6.45, 7) is 9.76. The second kappa shape index (κ2) is 9.06. The minimum atomic E-state index is -0.143. The van der Waals surface area contributed by atoms with Crippen LogP contribution in [0.2, 0.25) is 0 Å². The van der Waals surface area contributed by atoms with Gasteiger partial charge in [0.05, 0.1) is 5.57 Å². The molecular weight excluding hydrogens is 168 g/mol. The normalized spacial score (nSPS) is 10.6. The van der Waals surface area contributed by atoms with Gasteiger partial charge in [-0.1, -0.05) is 13.8 Å². The smallest absolute Gasteiger partial charge is 0.250 e. The van der Waals surface area contributed by atoms with Crippen LogP contribution in [0.15, 0.2) is 11.3 Å². The molecule has 3 N–H and O–H groups in total. The molecule has 0 aromatic rings. The summed E-state index contributed by atoms with van der Waals surface area (Å²) < 4.78 is 0. The van der Waals surface area contributed by atoms with E-state index in [2.05, 4.69) is 10.2 Å². The van der Waals surface area contributed by atoms with Crippen LogP contribution >= 0.6 is 0 Å². The summed E-state index contributed by atoms with van der Waals surface area (Å²) in [4.78, 5) is 15.4. The summed E-state index contributed by atoms with van der Waals surface area (Å²) in [5, 5.41) is 2.63. The molecule has 0 aliphatic rings. The number of amides is 1.